The van der Waals surface area contributed by atoms with Gasteiger partial charge in [-0.15, -0.1) is 0 Å². The van der Waals surface area contributed by atoms with Gasteiger partial charge in [0.2, 0.25) is 0 Å². The van der Waals surface area contributed by atoms with E-state index in [1.807, 2.05) is 0 Å². The monoisotopic (exact) mass is 217 g/mol. The van der Waals surface area contributed by atoms with Crippen LogP contribution in [-0.4, -0.2) is 50.1 Å². The van der Waals surface area contributed by atoms with E-state index in [2.05, 4.69) is 10.1 Å². The molecule has 0 aromatic rings. The molecule has 1 aliphatic rings. The van der Waals surface area contributed by atoms with E-state index in [1.54, 1.807) is 0 Å². The average Bonchev–Trinajstić information content (AvgIpc) is 2.69. The van der Waals surface area contributed by atoms with Crippen LogP contribution in [0.1, 0.15) is 13.3 Å². The first-order chi connectivity index (χ1) is 7.06. The Morgan fingerprint density at radius 1 is 1.73 bits per heavy atom. The maximum Gasteiger partial charge on any atom is 0.338 e. The molecule has 0 spiro atoms. The van der Waals surface area contributed by atoms with Crippen molar-refractivity contribution in [2.75, 3.05) is 33.4 Å². The number of rotatable bonds is 5. The van der Waals surface area contributed by atoms with E-state index in [-0.39, 0.29) is 6.54 Å². The Hall–Kier alpha value is -0.650. The summed E-state index contributed by atoms with van der Waals surface area (Å²) < 4.78 is 9.70. The molecule has 1 rings (SSSR count). The van der Waals surface area contributed by atoms with Gasteiger partial charge in [-0.1, -0.05) is 0 Å². The molecule has 0 bridgehead atoms. The molecule has 0 amide bonds. The third kappa shape index (κ3) is 3.77. The van der Waals surface area contributed by atoms with E-state index < -0.39 is 11.6 Å². The molecular formula is C10H19NO4. The molecule has 0 radical (unpaired) electrons. The Morgan fingerprint density at radius 3 is 3.00 bits per heavy atom. The number of methoxy groups -OCH3 is 1. The van der Waals surface area contributed by atoms with E-state index in [1.165, 1.54) is 14.0 Å². The number of ether oxygens (including phenoxy) is 2. The van der Waals surface area contributed by atoms with Crippen molar-refractivity contribution in [2.24, 2.45) is 5.92 Å². The Balaban J connectivity index is 2.20. The van der Waals surface area contributed by atoms with Crippen LogP contribution in [0.2, 0.25) is 0 Å². The highest BCUT2D eigenvalue weighted by atomic mass is 16.5. The van der Waals surface area contributed by atoms with Crippen molar-refractivity contribution in [3.8, 4) is 0 Å². The minimum Gasteiger partial charge on any atom is -0.467 e. The molecule has 88 valence electrons. The van der Waals surface area contributed by atoms with Gasteiger partial charge in [-0.25, -0.2) is 4.79 Å². The molecule has 15 heavy (non-hydrogen) atoms. The molecule has 2 atom stereocenters. The Bertz CT molecular complexity index is 211. The standard InChI is InChI=1S/C10H19NO4/c1-10(13,9(12)14-2)7-11-5-8-3-4-15-6-8/h8,11,13H,3-7H2,1-2H3. The van der Waals surface area contributed by atoms with Crippen LogP contribution in [-0.2, 0) is 14.3 Å². The lowest BCUT2D eigenvalue weighted by Crippen LogP contribution is -2.46. The van der Waals surface area contributed by atoms with Gasteiger partial charge >= 0.3 is 5.97 Å². The van der Waals surface area contributed by atoms with E-state index in [4.69, 9.17) is 4.74 Å². The summed E-state index contributed by atoms with van der Waals surface area (Å²) in [6.45, 7) is 3.97. The highest BCUT2D eigenvalue weighted by Crippen LogP contribution is 2.11. The van der Waals surface area contributed by atoms with Crippen LogP contribution >= 0.6 is 0 Å². The summed E-state index contributed by atoms with van der Waals surface area (Å²) in [5, 5.41) is 12.7. The maximum atomic E-state index is 11.1. The number of aliphatic hydroxyl groups is 1. The molecule has 2 N–H and O–H groups in total. The third-order valence-corrected chi connectivity index (χ3v) is 2.55. The summed E-state index contributed by atoms with van der Waals surface area (Å²) in [4.78, 5) is 11.1. The fraction of sp³-hybridized carbons (Fsp3) is 0.900. The zero-order valence-corrected chi connectivity index (χ0v) is 9.28. The van der Waals surface area contributed by atoms with Gasteiger partial charge in [0, 0.05) is 19.7 Å². The van der Waals surface area contributed by atoms with Crippen LogP contribution in [0, 0.1) is 5.92 Å². The number of hydrogen-bond donors (Lipinski definition) is 2. The third-order valence-electron chi connectivity index (χ3n) is 2.55. The largest absolute Gasteiger partial charge is 0.467 e. The van der Waals surface area contributed by atoms with Crippen LogP contribution in [0.3, 0.4) is 0 Å². The predicted octanol–water partition coefficient (Wildman–Crippen LogP) is -0.463. The number of carbonyl (C=O) groups excluding carboxylic acids is 1. The van der Waals surface area contributed by atoms with Crippen LogP contribution in [0.25, 0.3) is 0 Å². The molecule has 0 aromatic heterocycles. The quantitative estimate of drug-likeness (QED) is 0.610. The Labute approximate surface area is 89.8 Å². The normalized spacial score (nSPS) is 24.9. The first-order valence-corrected chi connectivity index (χ1v) is 5.15. The van der Waals surface area contributed by atoms with Crippen LogP contribution in [0.15, 0.2) is 0 Å². The number of nitrogens with one attached hydrogen (secondary N) is 1. The highest BCUT2D eigenvalue weighted by Gasteiger charge is 2.31. The predicted molar refractivity (Wildman–Crippen MR) is 54.4 cm³/mol. The van der Waals surface area contributed by atoms with Gasteiger partial charge in [0.25, 0.3) is 0 Å². The van der Waals surface area contributed by atoms with E-state index >= 15 is 0 Å². The van der Waals surface area contributed by atoms with Crippen LogP contribution in [0.4, 0.5) is 0 Å². The van der Waals surface area contributed by atoms with E-state index in [9.17, 15) is 9.90 Å². The molecule has 1 aliphatic heterocycles. The Kier molecular flexibility index (Phi) is 4.50. The van der Waals surface area contributed by atoms with Crippen molar-refractivity contribution >= 4 is 5.97 Å². The Morgan fingerprint density at radius 2 is 2.47 bits per heavy atom. The molecule has 1 saturated heterocycles. The van der Waals surface area contributed by atoms with Crippen molar-refractivity contribution in [1.29, 1.82) is 0 Å². The van der Waals surface area contributed by atoms with Gasteiger partial charge in [0.15, 0.2) is 5.60 Å². The molecule has 0 saturated carbocycles. The fourth-order valence-corrected chi connectivity index (χ4v) is 1.56. The summed E-state index contributed by atoms with van der Waals surface area (Å²) in [7, 11) is 1.27. The topological polar surface area (TPSA) is 67.8 Å². The molecule has 5 heteroatoms. The first kappa shape index (κ1) is 12.4. The molecule has 5 nitrogen and oxygen atoms in total. The second-order valence-electron chi connectivity index (χ2n) is 4.13. The van der Waals surface area contributed by atoms with Crippen molar-refractivity contribution in [2.45, 2.75) is 18.9 Å². The lowest BCUT2D eigenvalue weighted by molar-refractivity contribution is -0.159. The van der Waals surface area contributed by atoms with Gasteiger partial charge in [0.05, 0.1) is 13.7 Å². The van der Waals surface area contributed by atoms with E-state index in [0.717, 1.165) is 26.2 Å². The molecular weight excluding hydrogens is 198 g/mol. The molecule has 1 heterocycles. The van der Waals surface area contributed by atoms with Gasteiger partial charge < -0.3 is 19.9 Å². The zero-order chi connectivity index (χ0) is 11.3. The summed E-state index contributed by atoms with van der Waals surface area (Å²) >= 11 is 0. The van der Waals surface area contributed by atoms with Crippen molar-refractivity contribution in [1.82, 2.24) is 5.32 Å². The smallest absolute Gasteiger partial charge is 0.338 e. The maximum absolute atomic E-state index is 11.1. The van der Waals surface area contributed by atoms with Crippen LogP contribution in [0.5, 0.6) is 0 Å². The summed E-state index contributed by atoms with van der Waals surface area (Å²) in [6, 6.07) is 0. The minimum atomic E-state index is -1.45. The van der Waals surface area contributed by atoms with Crippen molar-refractivity contribution in [3.63, 3.8) is 0 Å². The molecule has 1 fully saturated rings. The number of esters is 1. The lowest BCUT2D eigenvalue weighted by Gasteiger charge is -2.21. The number of hydrogen-bond acceptors (Lipinski definition) is 5. The van der Waals surface area contributed by atoms with Crippen molar-refractivity contribution < 1.29 is 19.4 Å². The molecule has 0 aliphatic carbocycles. The summed E-state index contributed by atoms with van der Waals surface area (Å²) in [6.07, 6.45) is 1.04. The lowest BCUT2D eigenvalue weighted by atomic mass is 10.1. The molecule has 0 aromatic carbocycles. The van der Waals surface area contributed by atoms with Crippen molar-refractivity contribution in [3.05, 3.63) is 0 Å². The summed E-state index contributed by atoms with van der Waals surface area (Å²) in [5.74, 6) is -0.129. The van der Waals surface area contributed by atoms with Gasteiger partial charge in [-0.2, -0.15) is 0 Å². The van der Waals surface area contributed by atoms with Gasteiger partial charge in [0.1, 0.15) is 0 Å². The first-order valence-electron chi connectivity index (χ1n) is 5.15. The summed E-state index contributed by atoms with van der Waals surface area (Å²) in [5.41, 5.74) is -1.45. The SMILES string of the molecule is COC(=O)C(C)(O)CNCC1CCOC1. The number of carbonyl (C=O) groups is 1. The second-order valence-corrected chi connectivity index (χ2v) is 4.13. The molecule has 2 unspecified atom stereocenters. The van der Waals surface area contributed by atoms with Crippen LogP contribution < -0.4 is 5.32 Å². The van der Waals surface area contributed by atoms with E-state index in [0.29, 0.717) is 5.92 Å². The van der Waals surface area contributed by atoms with Gasteiger partial charge in [-0.05, 0) is 19.3 Å². The fourth-order valence-electron chi connectivity index (χ4n) is 1.56. The average molecular weight is 217 g/mol. The van der Waals surface area contributed by atoms with Gasteiger partial charge in [-0.3, -0.25) is 0 Å². The minimum absolute atomic E-state index is 0.205. The highest BCUT2D eigenvalue weighted by molar-refractivity contribution is 5.78. The zero-order valence-electron chi connectivity index (χ0n) is 9.28. The second kappa shape index (κ2) is 5.44.